The minimum Gasteiger partial charge on any atom is -0.352 e. The molecule has 1 saturated heterocycles. The average molecular weight is 278 g/mol. The van der Waals surface area contributed by atoms with Crippen molar-refractivity contribution in [2.24, 2.45) is 5.84 Å². The van der Waals surface area contributed by atoms with E-state index in [-0.39, 0.29) is 0 Å². The molecule has 112 valence electrons. The first-order valence-corrected chi connectivity index (χ1v) is 7.33. The van der Waals surface area contributed by atoms with Crippen molar-refractivity contribution in [3.8, 4) is 0 Å². The van der Waals surface area contributed by atoms with Crippen molar-refractivity contribution >= 4 is 11.6 Å². The standard InChI is InChI=1S/C14H26N6/c1-5-12-9-19(4)7-6-8-20(12)14-10(2)13(18-15)16-11(3)17-14/h12H,5-9,15H2,1-4H3,(H,16,17,18). The van der Waals surface area contributed by atoms with Gasteiger partial charge in [0.05, 0.1) is 0 Å². The van der Waals surface area contributed by atoms with Crippen molar-refractivity contribution < 1.29 is 0 Å². The highest BCUT2D eigenvalue weighted by molar-refractivity contribution is 5.58. The molecule has 0 radical (unpaired) electrons. The van der Waals surface area contributed by atoms with Gasteiger partial charge in [0.25, 0.3) is 0 Å². The van der Waals surface area contributed by atoms with Crippen molar-refractivity contribution in [1.29, 1.82) is 0 Å². The van der Waals surface area contributed by atoms with E-state index in [1.54, 1.807) is 0 Å². The molecule has 0 bridgehead atoms. The van der Waals surface area contributed by atoms with Gasteiger partial charge in [-0.15, -0.1) is 0 Å². The Morgan fingerprint density at radius 2 is 2.05 bits per heavy atom. The quantitative estimate of drug-likeness (QED) is 0.641. The van der Waals surface area contributed by atoms with Crippen molar-refractivity contribution in [1.82, 2.24) is 14.9 Å². The van der Waals surface area contributed by atoms with Crippen LogP contribution in [0.1, 0.15) is 31.2 Å². The zero-order valence-electron chi connectivity index (χ0n) is 13.0. The molecule has 1 aromatic rings. The number of hydrazine groups is 1. The van der Waals surface area contributed by atoms with Gasteiger partial charge in [0.1, 0.15) is 17.5 Å². The lowest BCUT2D eigenvalue weighted by molar-refractivity contribution is 0.327. The third kappa shape index (κ3) is 3.02. The van der Waals surface area contributed by atoms with Gasteiger partial charge in [-0.05, 0) is 40.3 Å². The van der Waals surface area contributed by atoms with Crippen molar-refractivity contribution in [2.75, 3.05) is 37.0 Å². The van der Waals surface area contributed by atoms with Crippen LogP contribution in [0, 0.1) is 13.8 Å². The van der Waals surface area contributed by atoms with Crippen LogP contribution in [-0.2, 0) is 0 Å². The van der Waals surface area contributed by atoms with Crippen molar-refractivity contribution in [3.63, 3.8) is 0 Å². The Kier molecular flexibility index (Phi) is 4.77. The Balaban J connectivity index is 2.39. The average Bonchev–Trinajstić information content (AvgIpc) is 2.62. The third-order valence-electron chi connectivity index (χ3n) is 4.01. The van der Waals surface area contributed by atoms with Gasteiger partial charge in [0, 0.05) is 24.7 Å². The van der Waals surface area contributed by atoms with Gasteiger partial charge in [-0.2, -0.15) is 0 Å². The van der Waals surface area contributed by atoms with E-state index in [2.05, 4.69) is 39.2 Å². The largest absolute Gasteiger partial charge is 0.352 e. The Hall–Kier alpha value is -1.40. The fourth-order valence-electron chi connectivity index (χ4n) is 2.91. The lowest BCUT2D eigenvalue weighted by Crippen LogP contribution is -2.41. The molecule has 0 aliphatic carbocycles. The molecule has 1 fully saturated rings. The Morgan fingerprint density at radius 1 is 1.30 bits per heavy atom. The number of nitrogen functional groups attached to an aromatic ring is 1. The van der Waals surface area contributed by atoms with E-state index in [1.807, 2.05) is 13.8 Å². The van der Waals surface area contributed by atoms with E-state index >= 15 is 0 Å². The molecule has 1 aromatic heterocycles. The molecule has 3 N–H and O–H groups in total. The van der Waals surface area contributed by atoms with Crippen LogP contribution in [0.3, 0.4) is 0 Å². The summed E-state index contributed by atoms with van der Waals surface area (Å²) in [5.74, 6) is 8.07. The molecule has 1 unspecified atom stereocenters. The molecule has 0 amide bonds. The van der Waals surface area contributed by atoms with E-state index < -0.39 is 0 Å². The predicted molar refractivity (Wildman–Crippen MR) is 82.9 cm³/mol. The number of aryl methyl sites for hydroxylation is 1. The van der Waals surface area contributed by atoms with Crippen LogP contribution in [0.5, 0.6) is 0 Å². The number of nitrogens with two attached hydrogens (primary N) is 1. The lowest BCUT2D eigenvalue weighted by atomic mass is 10.1. The SMILES string of the molecule is CCC1CN(C)CCCN1c1nc(C)nc(NN)c1C. The van der Waals surface area contributed by atoms with Gasteiger partial charge < -0.3 is 15.2 Å². The summed E-state index contributed by atoms with van der Waals surface area (Å²) in [7, 11) is 2.19. The van der Waals surface area contributed by atoms with E-state index in [0.29, 0.717) is 6.04 Å². The second kappa shape index (κ2) is 6.37. The summed E-state index contributed by atoms with van der Waals surface area (Å²) in [5, 5.41) is 0. The van der Waals surface area contributed by atoms with Crippen LogP contribution < -0.4 is 16.2 Å². The van der Waals surface area contributed by atoms with Gasteiger partial charge in [-0.3, -0.25) is 0 Å². The van der Waals surface area contributed by atoms with Crippen LogP contribution in [0.15, 0.2) is 0 Å². The molecule has 0 spiro atoms. The number of nitrogens with one attached hydrogen (secondary N) is 1. The number of likely N-dealkylation sites (N-methyl/N-ethyl adjacent to an activating group) is 1. The summed E-state index contributed by atoms with van der Waals surface area (Å²) < 4.78 is 0. The smallest absolute Gasteiger partial charge is 0.148 e. The Morgan fingerprint density at radius 3 is 2.70 bits per heavy atom. The summed E-state index contributed by atoms with van der Waals surface area (Å²) in [6.45, 7) is 9.43. The summed E-state index contributed by atoms with van der Waals surface area (Å²) in [6.07, 6.45) is 2.26. The summed E-state index contributed by atoms with van der Waals surface area (Å²) in [5.41, 5.74) is 3.71. The highest BCUT2D eigenvalue weighted by atomic mass is 15.3. The van der Waals surface area contributed by atoms with Crippen molar-refractivity contribution in [3.05, 3.63) is 11.4 Å². The number of anilines is 2. The minimum absolute atomic E-state index is 0.487. The Bertz CT molecular complexity index is 461. The number of rotatable bonds is 3. The van der Waals surface area contributed by atoms with Gasteiger partial charge in [-0.1, -0.05) is 6.92 Å². The monoisotopic (exact) mass is 278 g/mol. The van der Waals surface area contributed by atoms with Crippen LogP contribution in [-0.4, -0.2) is 47.6 Å². The molecule has 0 aromatic carbocycles. The first-order valence-electron chi connectivity index (χ1n) is 7.33. The normalized spacial score (nSPS) is 20.9. The summed E-state index contributed by atoms with van der Waals surface area (Å²) in [6, 6.07) is 0.487. The van der Waals surface area contributed by atoms with Gasteiger partial charge >= 0.3 is 0 Å². The molecule has 20 heavy (non-hydrogen) atoms. The fourth-order valence-corrected chi connectivity index (χ4v) is 2.91. The first kappa shape index (κ1) is 15.0. The van der Waals surface area contributed by atoms with Gasteiger partial charge in [0.15, 0.2) is 0 Å². The molecular formula is C14H26N6. The first-order chi connectivity index (χ1) is 9.56. The highest BCUT2D eigenvalue weighted by Crippen LogP contribution is 2.27. The topological polar surface area (TPSA) is 70.3 Å². The van der Waals surface area contributed by atoms with Crippen LogP contribution >= 0.6 is 0 Å². The minimum atomic E-state index is 0.487. The number of nitrogens with zero attached hydrogens (tertiary/aromatic N) is 4. The van der Waals surface area contributed by atoms with E-state index in [9.17, 15) is 0 Å². The third-order valence-corrected chi connectivity index (χ3v) is 4.01. The van der Waals surface area contributed by atoms with Crippen LogP contribution in [0.4, 0.5) is 11.6 Å². The summed E-state index contributed by atoms with van der Waals surface area (Å²) >= 11 is 0. The maximum Gasteiger partial charge on any atom is 0.148 e. The highest BCUT2D eigenvalue weighted by Gasteiger charge is 2.25. The van der Waals surface area contributed by atoms with Crippen molar-refractivity contribution in [2.45, 2.75) is 39.7 Å². The molecule has 2 heterocycles. The molecule has 1 atom stereocenters. The second-order valence-corrected chi connectivity index (χ2v) is 5.58. The molecule has 1 aliphatic rings. The maximum atomic E-state index is 5.57. The number of hydrogen-bond donors (Lipinski definition) is 2. The van der Waals surface area contributed by atoms with Crippen LogP contribution in [0.2, 0.25) is 0 Å². The zero-order chi connectivity index (χ0) is 14.7. The zero-order valence-corrected chi connectivity index (χ0v) is 13.0. The molecule has 6 heteroatoms. The fraction of sp³-hybridized carbons (Fsp3) is 0.714. The second-order valence-electron chi connectivity index (χ2n) is 5.58. The van der Waals surface area contributed by atoms with E-state index in [4.69, 9.17) is 5.84 Å². The maximum absolute atomic E-state index is 5.57. The van der Waals surface area contributed by atoms with Gasteiger partial charge in [0.2, 0.25) is 0 Å². The summed E-state index contributed by atoms with van der Waals surface area (Å²) in [4.78, 5) is 13.8. The lowest BCUT2D eigenvalue weighted by Gasteiger charge is -2.32. The molecular weight excluding hydrogens is 252 g/mol. The van der Waals surface area contributed by atoms with E-state index in [0.717, 1.165) is 55.5 Å². The molecule has 0 saturated carbocycles. The van der Waals surface area contributed by atoms with Gasteiger partial charge in [-0.25, -0.2) is 15.8 Å². The molecule has 2 rings (SSSR count). The van der Waals surface area contributed by atoms with E-state index in [1.165, 1.54) is 0 Å². The number of aromatic nitrogens is 2. The molecule has 1 aliphatic heterocycles. The van der Waals surface area contributed by atoms with Crippen LogP contribution in [0.25, 0.3) is 0 Å². The predicted octanol–water partition coefficient (Wildman–Crippen LogP) is 1.30. The Labute approximate surface area is 121 Å². The molecule has 6 nitrogen and oxygen atoms in total. The number of hydrogen-bond acceptors (Lipinski definition) is 6.